The summed E-state index contributed by atoms with van der Waals surface area (Å²) in [6.07, 6.45) is 5.73. The van der Waals surface area contributed by atoms with Crippen LogP contribution in [-0.4, -0.2) is 29.4 Å². The molecule has 0 spiro atoms. The topological polar surface area (TPSA) is 60.7 Å². The van der Waals surface area contributed by atoms with Crippen molar-refractivity contribution < 1.29 is 15.2 Å². The van der Waals surface area contributed by atoms with E-state index in [1.165, 1.54) is 29.7 Å². The lowest BCUT2D eigenvalue weighted by Crippen LogP contribution is -2.26. The zero-order chi connectivity index (χ0) is 13.3. The number of hydrogen-bond donors (Lipinski definition) is 3. The standard InChI is InChI=1S/C11H19BO2S.CH4O/c1-3-5-6-7-10-9(4-2)8-11(15-10)12(13)14;1-2/h8,13-14H,3-7H2,1-2H3;2H,1H3. The van der Waals surface area contributed by atoms with Crippen molar-refractivity contribution in [1.82, 2.24) is 0 Å². The molecular formula is C12H23BO3S. The average Bonchev–Trinajstić information content (AvgIpc) is 2.75. The van der Waals surface area contributed by atoms with Crippen LogP contribution in [0.1, 0.15) is 43.6 Å². The zero-order valence-corrected chi connectivity index (χ0v) is 11.8. The van der Waals surface area contributed by atoms with Gasteiger partial charge >= 0.3 is 7.12 Å². The fourth-order valence-electron chi connectivity index (χ4n) is 1.66. The molecule has 3 nitrogen and oxygen atoms in total. The van der Waals surface area contributed by atoms with E-state index in [0.717, 1.165) is 20.0 Å². The van der Waals surface area contributed by atoms with Gasteiger partial charge in [0.1, 0.15) is 0 Å². The fraction of sp³-hybridized carbons (Fsp3) is 0.667. The van der Waals surface area contributed by atoms with Crippen LogP contribution in [0.2, 0.25) is 0 Å². The van der Waals surface area contributed by atoms with Gasteiger partial charge in [-0.25, -0.2) is 0 Å². The van der Waals surface area contributed by atoms with Crippen LogP contribution in [0.5, 0.6) is 0 Å². The molecule has 0 aliphatic rings. The molecule has 1 rings (SSSR count). The van der Waals surface area contributed by atoms with Crippen molar-refractivity contribution >= 4 is 23.2 Å². The number of unbranched alkanes of at least 4 members (excludes halogenated alkanes) is 2. The second kappa shape index (κ2) is 9.65. The summed E-state index contributed by atoms with van der Waals surface area (Å²) in [6, 6.07) is 1.93. The largest absolute Gasteiger partial charge is 0.499 e. The van der Waals surface area contributed by atoms with Gasteiger partial charge in [0.05, 0.1) is 0 Å². The molecule has 0 bridgehead atoms. The van der Waals surface area contributed by atoms with Crippen molar-refractivity contribution in [3.63, 3.8) is 0 Å². The lowest BCUT2D eigenvalue weighted by molar-refractivity contribution is 0.399. The molecule has 98 valence electrons. The van der Waals surface area contributed by atoms with E-state index in [2.05, 4.69) is 13.8 Å². The van der Waals surface area contributed by atoms with E-state index in [9.17, 15) is 0 Å². The molecule has 3 N–H and O–H groups in total. The van der Waals surface area contributed by atoms with Crippen molar-refractivity contribution in [2.75, 3.05) is 7.11 Å². The minimum atomic E-state index is -1.31. The monoisotopic (exact) mass is 258 g/mol. The number of aliphatic hydroxyl groups is 1. The Balaban J connectivity index is 0.00000121. The Hall–Kier alpha value is -0.355. The Labute approximate surface area is 108 Å². The van der Waals surface area contributed by atoms with Crippen molar-refractivity contribution in [1.29, 1.82) is 0 Å². The molecule has 1 heterocycles. The van der Waals surface area contributed by atoms with E-state index in [1.54, 1.807) is 11.3 Å². The van der Waals surface area contributed by atoms with E-state index in [1.807, 2.05) is 6.07 Å². The summed E-state index contributed by atoms with van der Waals surface area (Å²) in [5.41, 5.74) is 1.28. The number of thiophene rings is 1. The SMILES string of the molecule is CCCCCc1sc(B(O)O)cc1CC.CO. The van der Waals surface area contributed by atoms with E-state index in [0.29, 0.717) is 4.78 Å². The summed E-state index contributed by atoms with van der Waals surface area (Å²) in [5.74, 6) is 0. The lowest BCUT2D eigenvalue weighted by Gasteiger charge is -1.99. The van der Waals surface area contributed by atoms with Gasteiger partial charge in [0.2, 0.25) is 0 Å². The van der Waals surface area contributed by atoms with Gasteiger partial charge in [-0.3, -0.25) is 0 Å². The molecular weight excluding hydrogens is 235 g/mol. The normalized spacial score (nSPS) is 9.76. The Morgan fingerprint density at radius 2 is 1.82 bits per heavy atom. The van der Waals surface area contributed by atoms with Crippen LogP contribution in [-0.2, 0) is 12.8 Å². The molecule has 5 heteroatoms. The second-order valence-electron chi connectivity index (χ2n) is 3.78. The number of hydrogen-bond acceptors (Lipinski definition) is 4. The van der Waals surface area contributed by atoms with Crippen LogP contribution in [0.4, 0.5) is 0 Å². The van der Waals surface area contributed by atoms with Gasteiger partial charge in [0.25, 0.3) is 0 Å². The highest BCUT2D eigenvalue weighted by atomic mass is 32.1. The Morgan fingerprint density at radius 1 is 1.18 bits per heavy atom. The second-order valence-corrected chi connectivity index (χ2v) is 4.95. The minimum Gasteiger partial charge on any atom is -0.423 e. The molecule has 0 radical (unpaired) electrons. The van der Waals surface area contributed by atoms with Gasteiger partial charge < -0.3 is 15.2 Å². The first kappa shape index (κ1) is 16.6. The van der Waals surface area contributed by atoms with Gasteiger partial charge in [0, 0.05) is 16.8 Å². The quantitative estimate of drug-likeness (QED) is 0.533. The molecule has 0 saturated carbocycles. The maximum atomic E-state index is 9.09. The highest BCUT2D eigenvalue weighted by molar-refractivity contribution is 7.22. The Morgan fingerprint density at radius 3 is 2.29 bits per heavy atom. The molecule has 0 saturated heterocycles. The minimum absolute atomic E-state index is 0.679. The smallest absolute Gasteiger partial charge is 0.423 e. The summed E-state index contributed by atoms with van der Waals surface area (Å²) in [7, 11) is -0.305. The fourth-order valence-corrected chi connectivity index (χ4v) is 2.83. The third kappa shape index (κ3) is 5.68. The molecule has 0 amide bonds. The first-order valence-electron chi connectivity index (χ1n) is 6.11. The van der Waals surface area contributed by atoms with Gasteiger partial charge in [-0.05, 0) is 30.9 Å². The molecule has 0 aromatic carbocycles. The third-order valence-corrected chi connectivity index (χ3v) is 3.84. The van der Waals surface area contributed by atoms with Crippen molar-refractivity contribution in [2.45, 2.75) is 46.0 Å². The molecule has 1 aromatic heterocycles. The molecule has 0 aliphatic heterocycles. The van der Waals surface area contributed by atoms with Crippen molar-refractivity contribution in [3.05, 3.63) is 16.5 Å². The van der Waals surface area contributed by atoms with E-state index < -0.39 is 7.12 Å². The summed E-state index contributed by atoms with van der Waals surface area (Å²) >= 11 is 1.54. The summed E-state index contributed by atoms with van der Waals surface area (Å²) in [4.78, 5) is 1.33. The van der Waals surface area contributed by atoms with Gasteiger partial charge in [0.15, 0.2) is 0 Å². The number of aliphatic hydroxyl groups excluding tert-OH is 1. The van der Waals surface area contributed by atoms with Crippen LogP contribution in [0.3, 0.4) is 0 Å². The highest BCUT2D eigenvalue weighted by Crippen LogP contribution is 2.19. The maximum absolute atomic E-state index is 9.09. The first-order chi connectivity index (χ1) is 8.19. The van der Waals surface area contributed by atoms with Crippen LogP contribution in [0.15, 0.2) is 6.07 Å². The lowest BCUT2D eigenvalue weighted by atomic mass is 9.88. The maximum Gasteiger partial charge on any atom is 0.499 e. The average molecular weight is 258 g/mol. The summed E-state index contributed by atoms with van der Waals surface area (Å²) in [6.45, 7) is 4.30. The van der Waals surface area contributed by atoms with Crippen LogP contribution >= 0.6 is 11.3 Å². The van der Waals surface area contributed by atoms with Gasteiger partial charge in [-0.2, -0.15) is 0 Å². The Kier molecular flexibility index (Phi) is 9.45. The van der Waals surface area contributed by atoms with Crippen LogP contribution in [0, 0.1) is 0 Å². The Bertz CT molecular complexity index is 300. The number of aryl methyl sites for hydroxylation is 2. The number of rotatable bonds is 6. The zero-order valence-electron chi connectivity index (χ0n) is 10.9. The van der Waals surface area contributed by atoms with Crippen molar-refractivity contribution in [3.8, 4) is 0 Å². The molecule has 0 unspecified atom stereocenters. The summed E-state index contributed by atoms with van der Waals surface area (Å²) in [5, 5.41) is 25.2. The van der Waals surface area contributed by atoms with E-state index >= 15 is 0 Å². The predicted octanol–water partition coefficient (Wildman–Crippen LogP) is 1.33. The molecule has 1 aromatic rings. The third-order valence-electron chi connectivity index (χ3n) is 2.56. The first-order valence-corrected chi connectivity index (χ1v) is 6.93. The predicted molar refractivity (Wildman–Crippen MR) is 74.9 cm³/mol. The van der Waals surface area contributed by atoms with E-state index in [-0.39, 0.29) is 0 Å². The highest BCUT2D eigenvalue weighted by Gasteiger charge is 2.16. The van der Waals surface area contributed by atoms with Crippen LogP contribution in [0.25, 0.3) is 0 Å². The molecule has 0 fully saturated rings. The molecule has 0 aliphatic carbocycles. The van der Waals surface area contributed by atoms with Gasteiger partial charge in [-0.15, -0.1) is 11.3 Å². The van der Waals surface area contributed by atoms with Crippen molar-refractivity contribution in [2.24, 2.45) is 0 Å². The van der Waals surface area contributed by atoms with E-state index in [4.69, 9.17) is 15.2 Å². The van der Waals surface area contributed by atoms with Gasteiger partial charge in [-0.1, -0.05) is 26.7 Å². The van der Waals surface area contributed by atoms with Crippen LogP contribution < -0.4 is 4.78 Å². The molecule has 17 heavy (non-hydrogen) atoms. The summed E-state index contributed by atoms with van der Waals surface area (Å²) < 4.78 is 0.679. The molecule has 0 atom stereocenters.